The molecule has 0 fully saturated rings. The van der Waals surface area contributed by atoms with Crippen molar-refractivity contribution in [2.24, 2.45) is 5.73 Å². The molecule has 0 rings (SSSR count). The molecular weight excluding hydrogens is 190 g/mol. The van der Waals surface area contributed by atoms with Gasteiger partial charge in [0.1, 0.15) is 0 Å². The summed E-state index contributed by atoms with van der Waals surface area (Å²) in [6.07, 6.45) is -0.595. The van der Waals surface area contributed by atoms with Gasteiger partial charge in [0.25, 0.3) is 0 Å². The first-order valence-corrected chi connectivity index (χ1v) is 2.22. The van der Waals surface area contributed by atoms with Crippen molar-refractivity contribution in [3.63, 3.8) is 0 Å². The van der Waals surface area contributed by atoms with Crippen molar-refractivity contribution in [3.8, 4) is 0 Å². The van der Waals surface area contributed by atoms with Gasteiger partial charge in [0.2, 0.25) is 0 Å². The minimum atomic E-state index is -1.54. The van der Waals surface area contributed by atoms with Crippen LogP contribution in [0.3, 0.4) is 0 Å². The maximum absolute atomic E-state index is 9.74. The zero-order chi connectivity index (χ0) is 7.44. The Morgan fingerprint density at radius 2 is 2.00 bits per heavy atom. The van der Waals surface area contributed by atoms with Crippen LogP contribution >= 0.6 is 0 Å². The maximum atomic E-state index is 9.74. The average Bonchev–Trinajstić information content (AvgIpc) is 1.63. The summed E-state index contributed by atoms with van der Waals surface area (Å²) in [5.41, 5.74) is 4.77. The number of carbonyl (C=O) groups excluding carboxylic acids is 1. The molecule has 0 aromatic rings. The maximum Gasteiger partial charge on any atom is 1.00 e. The summed E-state index contributed by atoms with van der Waals surface area (Å²) in [4.78, 5) is 19.5. The summed E-state index contributed by atoms with van der Waals surface area (Å²) in [6.45, 7) is 0. The van der Waals surface area contributed by atoms with E-state index < -0.39 is 24.4 Å². The second-order valence-electron chi connectivity index (χ2n) is 1.52. The SMILES string of the molecule is N[C@@H](CC(=O)O)C(=O)[O-].[Cu+]. The summed E-state index contributed by atoms with van der Waals surface area (Å²) >= 11 is 0. The van der Waals surface area contributed by atoms with Crippen LogP contribution in [0.1, 0.15) is 6.42 Å². The number of carboxylic acid groups (broad SMARTS) is 2. The van der Waals surface area contributed by atoms with Crippen LogP contribution in [-0.2, 0) is 26.7 Å². The van der Waals surface area contributed by atoms with Crippen molar-refractivity contribution in [3.05, 3.63) is 0 Å². The summed E-state index contributed by atoms with van der Waals surface area (Å²) in [7, 11) is 0. The Hall–Kier alpha value is -0.581. The van der Waals surface area contributed by atoms with E-state index in [1.807, 2.05) is 0 Å². The third kappa shape index (κ3) is 5.55. The molecule has 0 saturated heterocycles. The second kappa shape index (κ2) is 5.22. The van der Waals surface area contributed by atoms with E-state index in [4.69, 9.17) is 10.8 Å². The molecule has 6 heteroatoms. The van der Waals surface area contributed by atoms with Crippen molar-refractivity contribution in [2.75, 3.05) is 0 Å². The van der Waals surface area contributed by atoms with Gasteiger partial charge in [0.15, 0.2) is 0 Å². The summed E-state index contributed by atoms with van der Waals surface area (Å²) in [6, 6.07) is -1.40. The molecule has 0 aromatic heterocycles. The molecule has 10 heavy (non-hydrogen) atoms. The number of carboxylic acids is 2. The number of rotatable bonds is 3. The van der Waals surface area contributed by atoms with E-state index in [0.717, 1.165) is 0 Å². The first-order valence-electron chi connectivity index (χ1n) is 2.22. The van der Waals surface area contributed by atoms with Crippen LogP contribution in [0.4, 0.5) is 0 Å². The van der Waals surface area contributed by atoms with E-state index in [-0.39, 0.29) is 17.1 Å². The molecule has 62 valence electrons. The van der Waals surface area contributed by atoms with E-state index in [9.17, 15) is 14.7 Å². The molecule has 0 saturated carbocycles. The van der Waals surface area contributed by atoms with Crippen molar-refractivity contribution in [2.45, 2.75) is 12.5 Å². The largest absolute Gasteiger partial charge is 1.00 e. The van der Waals surface area contributed by atoms with Crippen molar-refractivity contribution in [1.29, 1.82) is 0 Å². The Morgan fingerprint density at radius 3 is 2.10 bits per heavy atom. The van der Waals surface area contributed by atoms with Gasteiger partial charge in [-0.1, -0.05) is 0 Å². The normalized spacial score (nSPS) is 11.3. The Labute approximate surface area is 67.7 Å². The third-order valence-electron chi connectivity index (χ3n) is 0.697. The second-order valence-corrected chi connectivity index (χ2v) is 1.52. The predicted octanol–water partition coefficient (Wildman–Crippen LogP) is -2.46. The Kier molecular flexibility index (Phi) is 6.34. The standard InChI is InChI=1S/C4H7NO4.Cu/c5-2(4(8)9)1-3(6)7;/h2H,1,5H2,(H,6,7)(H,8,9);/q;+1/p-1/t2-;/m0./s1. The van der Waals surface area contributed by atoms with Gasteiger partial charge in [-0.25, -0.2) is 0 Å². The Bertz CT molecular complexity index is 137. The fourth-order valence-corrected chi connectivity index (χ4v) is 0.271. The van der Waals surface area contributed by atoms with Crippen LogP contribution in [0.15, 0.2) is 0 Å². The van der Waals surface area contributed by atoms with Gasteiger partial charge in [0, 0.05) is 0 Å². The molecule has 0 amide bonds. The molecule has 1 atom stereocenters. The van der Waals surface area contributed by atoms with E-state index in [1.54, 1.807) is 0 Å². The molecule has 0 radical (unpaired) electrons. The zero-order valence-corrected chi connectivity index (χ0v) is 5.78. The molecule has 3 N–H and O–H groups in total. The molecule has 0 aliphatic rings. The van der Waals surface area contributed by atoms with Gasteiger partial charge < -0.3 is 20.7 Å². The summed E-state index contributed by atoms with van der Waals surface area (Å²) < 4.78 is 0. The first kappa shape index (κ1) is 12.1. The van der Waals surface area contributed by atoms with Crippen molar-refractivity contribution in [1.82, 2.24) is 0 Å². The Morgan fingerprint density at radius 1 is 1.60 bits per heavy atom. The van der Waals surface area contributed by atoms with E-state index >= 15 is 0 Å². The van der Waals surface area contributed by atoms with Crippen LogP contribution < -0.4 is 10.8 Å². The van der Waals surface area contributed by atoms with Gasteiger partial charge in [0.05, 0.1) is 18.4 Å². The number of hydrogen-bond acceptors (Lipinski definition) is 4. The molecule has 0 aromatic carbocycles. The molecule has 0 aliphatic heterocycles. The zero-order valence-electron chi connectivity index (χ0n) is 4.84. The fourth-order valence-electron chi connectivity index (χ4n) is 0.271. The quantitative estimate of drug-likeness (QED) is 0.486. The van der Waals surface area contributed by atoms with Crippen LogP contribution in [0.5, 0.6) is 0 Å². The monoisotopic (exact) mass is 195 g/mol. The van der Waals surface area contributed by atoms with Crippen LogP contribution in [0.2, 0.25) is 0 Å². The number of hydrogen-bond donors (Lipinski definition) is 2. The van der Waals surface area contributed by atoms with Crippen LogP contribution in [0.25, 0.3) is 0 Å². The fraction of sp³-hybridized carbons (Fsp3) is 0.500. The molecule has 0 heterocycles. The minimum absolute atomic E-state index is 0. The third-order valence-corrected chi connectivity index (χ3v) is 0.697. The molecular formula is C4H6CuNO4. The average molecular weight is 196 g/mol. The molecule has 0 unspecified atom stereocenters. The molecule has 0 spiro atoms. The molecule has 5 nitrogen and oxygen atoms in total. The van der Waals surface area contributed by atoms with Gasteiger partial charge >= 0.3 is 23.0 Å². The topological polar surface area (TPSA) is 103 Å². The van der Waals surface area contributed by atoms with E-state index in [1.165, 1.54) is 0 Å². The van der Waals surface area contributed by atoms with Crippen molar-refractivity contribution >= 4 is 11.9 Å². The molecule has 0 aliphatic carbocycles. The van der Waals surface area contributed by atoms with Gasteiger partial charge in [-0.3, -0.25) is 4.79 Å². The minimum Gasteiger partial charge on any atom is -0.548 e. The predicted molar refractivity (Wildman–Crippen MR) is 25.2 cm³/mol. The van der Waals surface area contributed by atoms with E-state index in [0.29, 0.717) is 0 Å². The molecule has 0 bridgehead atoms. The van der Waals surface area contributed by atoms with Gasteiger partial charge in [-0.05, 0) is 0 Å². The summed E-state index contributed by atoms with van der Waals surface area (Å²) in [5, 5.41) is 17.7. The van der Waals surface area contributed by atoms with Gasteiger partial charge in [-0.15, -0.1) is 0 Å². The smallest absolute Gasteiger partial charge is 0.548 e. The van der Waals surface area contributed by atoms with Gasteiger partial charge in [-0.2, -0.15) is 0 Å². The number of aliphatic carboxylic acids is 2. The van der Waals surface area contributed by atoms with Crippen LogP contribution in [0, 0.1) is 0 Å². The Balaban J connectivity index is 0. The van der Waals surface area contributed by atoms with E-state index in [2.05, 4.69) is 0 Å². The van der Waals surface area contributed by atoms with Crippen LogP contribution in [-0.4, -0.2) is 23.1 Å². The number of nitrogens with two attached hydrogens (primary N) is 1. The van der Waals surface area contributed by atoms with Crippen molar-refractivity contribution < 1.29 is 36.9 Å². The summed E-state index contributed by atoms with van der Waals surface area (Å²) in [5.74, 6) is -2.79. The number of carbonyl (C=O) groups is 2. The first-order chi connectivity index (χ1) is 4.04.